The molecule has 0 fully saturated rings. The number of rotatable bonds is 0. The summed E-state index contributed by atoms with van der Waals surface area (Å²) in [5.74, 6) is 0.0779. The largest absolute Gasteiger partial charge is 0.508 e. The topological polar surface area (TPSA) is 75.3 Å². The van der Waals surface area contributed by atoms with Crippen molar-refractivity contribution < 1.29 is 9.90 Å². The van der Waals surface area contributed by atoms with Crippen LogP contribution in [-0.2, 0) is 17.8 Å². The van der Waals surface area contributed by atoms with E-state index in [0.717, 1.165) is 11.1 Å². The molecule has 4 heteroatoms. The average molecular weight is 192 g/mol. The first-order chi connectivity index (χ1) is 6.66. The fourth-order valence-corrected chi connectivity index (χ4v) is 1.62. The Morgan fingerprint density at radius 3 is 3.00 bits per heavy atom. The molecule has 74 valence electrons. The van der Waals surface area contributed by atoms with Crippen molar-refractivity contribution in [3.8, 4) is 5.75 Å². The molecule has 1 aliphatic heterocycles. The Balaban J connectivity index is 2.37. The lowest BCUT2D eigenvalue weighted by Crippen LogP contribution is -2.39. The van der Waals surface area contributed by atoms with Crippen LogP contribution in [0.1, 0.15) is 11.1 Å². The third-order valence-corrected chi connectivity index (χ3v) is 2.42. The van der Waals surface area contributed by atoms with Gasteiger partial charge in [-0.2, -0.15) is 0 Å². The molecule has 4 N–H and O–H groups in total. The molecule has 0 radical (unpaired) electrons. The van der Waals surface area contributed by atoms with E-state index in [1.165, 1.54) is 0 Å². The Bertz CT molecular complexity index is 376. The van der Waals surface area contributed by atoms with Crippen molar-refractivity contribution in [1.82, 2.24) is 5.32 Å². The van der Waals surface area contributed by atoms with Gasteiger partial charge in [-0.1, -0.05) is 6.07 Å². The molecule has 0 bridgehead atoms. The molecule has 0 aliphatic carbocycles. The van der Waals surface area contributed by atoms with Gasteiger partial charge in [0.15, 0.2) is 0 Å². The Hall–Kier alpha value is -1.55. The van der Waals surface area contributed by atoms with E-state index >= 15 is 0 Å². The Morgan fingerprint density at radius 2 is 2.21 bits per heavy atom. The van der Waals surface area contributed by atoms with Gasteiger partial charge in [-0.05, 0) is 29.7 Å². The van der Waals surface area contributed by atoms with Crippen molar-refractivity contribution in [2.24, 2.45) is 5.73 Å². The molecule has 1 aliphatic rings. The number of aromatic hydroxyl groups is 1. The first-order valence-corrected chi connectivity index (χ1v) is 4.51. The number of nitrogens with one attached hydrogen (secondary N) is 1. The molecular formula is C10H12N2O2. The summed E-state index contributed by atoms with van der Waals surface area (Å²) in [6.07, 6.45) is 0.529. The van der Waals surface area contributed by atoms with Crippen LogP contribution in [0.4, 0.5) is 0 Å². The smallest absolute Gasteiger partial charge is 0.237 e. The molecule has 0 saturated heterocycles. The van der Waals surface area contributed by atoms with E-state index in [1.54, 1.807) is 12.1 Å². The van der Waals surface area contributed by atoms with E-state index in [9.17, 15) is 9.90 Å². The number of amides is 1. The molecular weight excluding hydrogens is 180 g/mol. The summed E-state index contributed by atoms with van der Waals surface area (Å²) in [7, 11) is 0. The van der Waals surface area contributed by atoms with Gasteiger partial charge >= 0.3 is 0 Å². The molecule has 1 atom stereocenters. The van der Waals surface area contributed by atoms with Crippen molar-refractivity contribution in [2.45, 2.75) is 19.0 Å². The summed E-state index contributed by atoms with van der Waals surface area (Å²) in [4.78, 5) is 11.3. The number of benzene rings is 1. The van der Waals surface area contributed by atoms with Crippen LogP contribution >= 0.6 is 0 Å². The molecule has 1 amide bonds. The van der Waals surface area contributed by atoms with Gasteiger partial charge in [0.25, 0.3) is 0 Å². The summed E-state index contributed by atoms with van der Waals surface area (Å²) in [5.41, 5.74) is 7.61. The van der Waals surface area contributed by atoms with Gasteiger partial charge in [-0.3, -0.25) is 4.79 Å². The molecule has 1 aromatic carbocycles. The van der Waals surface area contributed by atoms with Crippen molar-refractivity contribution >= 4 is 5.91 Å². The highest BCUT2D eigenvalue weighted by Crippen LogP contribution is 2.19. The van der Waals surface area contributed by atoms with Gasteiger partial charge in [0.2, 0.25) is 5.91 Å². The van der Waals surface area contributed by atoms with Crippen LogP contribution in [0.3, 0.4) is 0 Å². The Morgan fingerprint density at radius 1 is 1.43 bits per heavy atom. The van der Waals surface area contributed by atoms with E-state index < -0.39 is 6.04 Å². The van der Waals surface area contributed by atoms with Crippen molar-refractivity contribution in [1.29, 1.82) is 0 Å². The minimum Gasteiger partial charge on any atom is -0.508 e. The minimum absolute atomic E-state index is 0.138. The highest BCUT2D eigenvalue weighted by Gasteiger charge is 2.19. The third-order valence-electron chi connectivity index (χ3n) is 2.42. The first-order valence-electron chi connectivity index (χ1n) is 4.51. The standard InChI is InChI=1S/C10H12N2O2/c11-9-4-6-1-2-8(13)3-7(6)5-12-10(9)14/h1-3,9,13H,4-5,11H2,(H,12,14)/t9-/m0/s1. The fraction of sp³-hybridized carbons (Fsp3) is 0.300. The second-order valence-corrected chi connectivity index (χ2v) is 3.48. The quantitative estimate of drug-likeness (QED) is 0.537. The van der Waals surface area contributed by atoms with E-state index in [2.05, 4.69) is 5.32 Å². The summed E-state index contributed by atoms with van der Waals surface area (Å²) >= 11 is 0. The van der Waals surface area contributed by atoms with E-state index in [1.807, 2.05) is 6.07 Å². The Kier molecular flexibility index (Phi) is 2.13. The van der Waals surface area contributed by atoms with Crippen LogP contribution in [0.15, 0.2) is 18.2 Å². The monoisotopic (exact) mass is 192 g/mol. The van der Waals surface area contributed by atoms with Crippen LogP contribution in [0.2, 0.25) is 0 Å². The zero-order valence-corrected chi connectivity index (χ0v) is 7.66. The predicted octanol–water partition coefficient (Wildman–Crippen LogP) is -0.108. The highest BCUT2D eigenvalue weighted by atomic mass is 16.3. The second-order valence-electron chi connectivity index (χ2n) is 3.48. The lowest BCUT2D eigenvalue weighted by Gasteiger charge is -2.06. The van der Waals surface area contributed by atoms with Gasteiger partial charge in [-0.15, -0.1) is 0 Å². The average Bonchev–Trinajstić information content (AvgIpc) is 2.29. The summed E-state index contributed by atoms with van der Waals surface area (Å²) in [5, 5.41) is 12.0. The number of nitrogens with two attached hydrogens (primary N) is 1. The van der Waals surface area contributed by atoms with Gasteiger partial charge in [-0.25, -0.2) is 0 Å². The van der Waals surface area contributed by atoms with Crippen LogP contribution < -0.4 is 11.1 Å². The summed E-state index contributed by atoms with van der Waals surface area (Å²) in [6.45, 7) is 0.441. The van der Waals surface area contributed by atoms with E-state index in [-0.39, 0.29) is 11.7 Å². The number of carbonyl (C=O) groups is 1. The second kappa shape index (κ2) is 3.31. The van der Waals surface area contributed by atoms with Crippen LogP contribution in [-0.4, -0.2) is 17.1 Å². The molecule has 0 spiro atoms. The SMILES string of the molecule is N[C@H]1Cc2ccc(O)cc2CNC1=O. The van der Waals surface area contributed by atoms with E-state index in [0.29, 0.717) is 13.0 Å². The molecule has 0 aromatic heterocycles. The minimum atomic E-state index is -0.485. The molecule has 0 unspecified atom stereocenters. The zero-order chi connectivity index (χ0) is 10.1. The lowest BCUT2D eigenvalue weighted by molar-refractivity contribution is -0.122. The van der Waals surface area contributed by atoms with Crippen LogP contribution in [0, 0.1) is 0 Å². The molecule has 1 aromatic rings. The number of phenolic OH excluding ortho intramolecular Hbond substituents is 1. The van der Waals surface area contributed by atoms with Crippen LogP contribution in [0.25, 0.3) is 0 Å². The van der Waals surface area contributed by atoms with Gasteiger partial charge in [0.1, 0.15) is 5.75 Å². The fourth-order valence-electron chi connectivity index (χ4n) is 1.62. The first kappa shape index (κ1) is 9.02. The van der Waals surface area contributed by atoms with Crippen molar-refractivity contribution in [3.63, 3.8) is 0 Å². The molecule has 4 nitrogen and oxygen atoms in total. The summed E-state index contributed by atoms with van der Waals surface area (Å²) in [6, 6.07) is 4.60. The number of phenols is 1. The summed E-state index contributed by atoms with van der Waals surface area (Å²) < 4.78 is 0. The predicted molar refractivity (Wildman–Crippen MR) is 51.6 cm³/mol. The maximum absolute atomic E-state index is 11.3. The van der Waals surface area contributed by atoms with Crippen molar-refractivity contribution in [3.05, 3.63) is 29.3 Å². The highest BCUT2D eigenvalue weighted by molar-refractivity contribution is 5.82. The number of fused-ring (bicyclic) bond motifs is 1. The maximum Gasteiger partial charge on any atom is 0.237 e. The van der Waals surface area contributed by atoms with Gasteiger partial charge < -0.3 is 16.2 Å². The molecule has 0 saturated carbocycles. The van der Waals surface area contributed by atoms with Crippen molar-refractivity contribution in [2.75, 3.05) is 0 Å². The van der Waals surface area contributed by atoms with E-state index in [4.69, 9.17) is 5.73 Å². The lowest BCUT2D eigenvalue weighted by atomic mass is 10.0. The molecule has 14 heavy (non-hydrogen) atoms. The Labute approximate surface area is 81.7 Å². The number of hydrogen-bond donors (Lipinski definition) is 3. The molecule has 1 heterocycles. The normalized spacial score (nSPS) is 20.9. The molecule has 2 rings (SSSR count). The third kappa shape index (κ3) is 1.56. The van der Waals surface area contributed by atoms with Crippen LogP contribution in [0.5, 0.6) is 5.75 Å². The van der Waals surface area contributed by atoms with Gasteiger partial charge in [0.05, 0.1) is 6.04 Å². The number of hydrogen-bond acceptors (Lipinski definition) is 3. The van der Waals surface area contributed by atoms with Gasteiger partial charge in [0, 0.05) is 6.54 Å². The zero-order valence-electron chi connectivity index (χ0n) is 7.66. The number of carbonyl (C=O) groups excluding carboxylic acids is 1. The maximum atomic E-state index is 11.3.